The lowest BCUT2D eigenvalue weighted by Crippen LogP contribution is -2.04. The van der Waals surface area contributed by atoms with Crippen LogP contribution in [-0.2, 0) is 6.54 Å². The highest BCUT2D eigenvalue weighted by molar-refractivity contribution is 5.04. The van der Waals surface area contributed by atoms with Crippen LogP contribution in [-0.4, -0.2) is 19.6 Å². The van der Waals surface area contributed by atoms with E-state index in [1.165, 1.54) is 5.56 Å². The second kappa shape index (κ2) is 3.88. The first kappa shape index (κ1) is 9.96. The first-order valence-electron chi connectivity index (χ1n) is 5.18. The van der Waals surface area contributed by atoms with Gasteiger partial charge in [-0.2, -0.15) is 10.2 Å². The van der Waals surface area contributed by atoms with Crippen LogP contribution in [0.5, 0.6) is 0 Å². The smallest absolute Gasteiger partial charge is 0.0849 e. The number of nitrogens with zero attached hydrogens (tertiary/aromatic N) is 4. The second-order valence-electron chi connectivity index (χ2n) is 4.10. The monoisotopic (exact) mass is 204 g/mol. The van der Waals surface area contributed by atoms with Gasteiger partial charge in [-0.15, -0.1) is 0 Å². The fourth-order valence-electron chi connectivity index (χ4n) is 1.47. The van der Waals surface area contributed by atoms with Crippen LogP contribution in [0.15, 0.2) is 24.7 Å². The summed E-state index contributed by atoms with van der Waals surface area (Å²) in [6.07, 6.45) is 5.89. The molecular weight excluding hydrogens is 188 g/mol. The van der Waals surface area contributed by atoms with Gasteiger partial charge in [0.05, 0.1) is 18.4 Å². The van der Waals surface area contributed by atoms with E-state index in [1.807, 2.05) is 40.9 Å². The van der Waals surface area contributed by atoms with Crippen molar-refractivity contribution in [2.75, 3.05) is 0 Å². The first-order chi connectivity index (χ1) is 7.15. The van der Waals surface area contributed by atoms with Crippen molar-refractivity contribution in [1.29, 1.82) is 0 Å². The minimum Gasteiger partial charge on any atom is -0.270 e. The molecule has 4 nitrogen and oxygen atoms in total. The molecule has 0 aliphatic heterocycles. The molecule has 0 saturated heterocycles. The maximum atomic E-state index is 4.47. The molecule has 15 heavy (non-hydrogen) atoms. The lowest BCUT2D eigenvalue weighted by Gasteiger charge is -2.03. The molecule has 2 aromatic heterocycles. The summed E-state index contributed by atoms with van der Waals surface area (Å²) in [6, 6.07) is 2.45. The minimum atomic E-state index is 0.415. The molecule has 2 aromatic rings. The molecule has 2 heterocycles. The van der Waals surface area contributed by atoms with Crippen molar-refractivity contribution in [3.8, 4) is 0 Å². The van der Waals surface area contributed by atoms with Gasteiger partial charge in [-0.25, -0.2) is 0 Å². The summed E-state index contributed by atoms with van der Waals surface area (Å²) in [5.41, 5.74) is 2.23. The van der Waals surface area contributed by atoms with E-state index < -0.39 is 0 Å². The van der Waals surface area contributed by atoms with Gasteiger partial charge in [0.25, 0.3) is 0 Å². The largest absolute Gasteiger partial charge is 0.270 e. The molecule has 2 rings (SSSR count). The lowest BCUT2D eigenvalue weighted by molar-refractivity contribution is 0.521. The standard InChI is InChI=1S/C11H16N4/c1-9(2)15-5-4-11(13-15)8-14-7-10(3)6-12-14/h4-7,9H,8H2,1-3H3. The molecule has 0 atom stereocenters. The Bertz CT molecular complexity index is 439. The van der Waals surface area contributed by atoms with Crippen LogP contribution in [0.2, 0.25) is 0 Å². The summed E-state index contributed by atoms with van der Waals surface area (Å²) in [5.74, 6) is 0. The molecule has 0 radical (unpaired) electrons. The Morgan fingerprint density at radius 2 is 2.20 bits per heavy atom. The third-order valence-electron chi connectivity index (χ3n) is 2.28. The number of rotatable bonds is 3. The molecule has 0 aliphatic carbocycles. The minimum absolute atomic E-state index is 0.415. The summed E-state index contributed by atoms with van der Waals surface area (Å²) in [7, 11) is 0. The SMILES string of the molecule is Cc1cnn(Cc2ccn(C(C)C)n2)c1. The molecule has 0 aliphatic rings. The highest BCUT2D eigenvalue weighted by Gasteiger charge is 2.03. The van der Waals surface area contributed by atoms with Gasteiger partial charge in [-0.1, -0.05) is 0 Å². The third kappa shape index (κ3) is 2.26. The summed E-state index contributed by atoms with van der Waals surface area (Å²) in [5, 5.41) is 8.70. The molecule has 80 valence electrons. The Morgan fingerprint density at radius 1 is 1.40 bits per heavy atom. The molecule has 4 heteroatoms. The van der Waals surface area contributed by atoms with Crippen LogP contribution in [0.1, 0.15) is 31.1 Å². The summed E-state index contributed by atoms with van der Waals surface area (Å²) in [6.45, 7) is 7.02. The normalized spacial score (nSPS) is 11.2. The van der Waals surface area contributed by atoms with Crippen molar-refractivity contribution in [3.63, 3.8) is 0 Å². The van der Waals surface area contributed by atoms with Crippen LogP contribution < -0.4 is 0 Å². The summed E-state index contributed by atoms with van der Waals surface area (Å²) in [4.78, 5) is 0. The van der Waals surface area contributed by atoms with Crippen LogP contribution in [0, 0.1) is 6.92 Å². The predicted octanol–water partition coefficient (Wildman–Crippen LogP) is 2.02. The number of hydrogen-bond donors (Lipinski definition) is 0. The third-order valence-corrected chi connectivity index (χ3v) is 2.28. The number of aromatic nitrogens is 4. The fraction of sp³-hybridized carbons (Fsp3) is 0.455. The van der Waals surface area contributed by atoms with E-state index in [-0.39, 0.29) is 0 Å². The van der Waals surface area contributed by atoms with Gasteiger partial charge < -0.3 is 0 Å². The van der Waals surface area contributed by atoms with Crippen molar-refractivity contribution in [2.24, 2.45) is 0 Å². The van der Waals surface area contributed by atoms with E-state index in [0.29, 0.717) is 6.04 Å². The zero-order valence-electron chi connectivity index (χ0n) is 9.38. The average Bonchev–Trinajstić information content (AvgIpc) is 2.76. The molecule has 0 unspecified atom stereocenters. The van der Waals surface area contributed by atoms with Crippen molar-refractivity contribution >= 4 is 0 Å². The molecular formula is C11H16N4. The van der Waals surface area contributed by atoms with Crippen LogP contribution in [0.25, 0.3) is 0 Å². The Hall–Kier alpha value is -1.58. The Morgan fingerprint density at radius 3 is 2.73 bits per heavy atom. The maximum Gasteiger partial charge on any atom is 0.0849 e. The maximum absolute atomic E-state index is 4.47. The van der Waals surface area contributed by atoms with Gasteiger partial charge in [-0.3, -0.25) is 9.36 Å². The van der Waals surface area contributed by atoms with Gasteiger partial charge in [0, 0.05) is 18.4 Å². The van der Waals surface area contributed by atoms with Gasteiger partial charge >= 0.3 is 0 Å². The highest BCUT2D eigenvalue weighted by atomic mass is 15.3. The van der Waals surface area contributed by atoms with Gasteiger partial charge in [0.1, 0.15) is 0 Å². The highest BCUT2D eigenvalue weighted by Crippen LogP contribution is 2.05. The van der Waals surface area contributed by atoms with E-state index in [9.17, 15) is 0 Å². The Kier molecular flexibility index (Phi) is 2.58. The molecule has 0 amide bonds. The molecule has 0 saturated carbocycles. The predicted molar refractivity (Wildman–Crippen MR) is 58.7 cm³/mol. The lowest BCUT2D eigenvalue weighted by atomic mass is 10.4. The molecule has 0 bridgehead atoms. The van der Waals surface area contributed by atoms with Crippen molar-refractivity contribution in [2.45, 2.75) is 33.4 Å². The number of aryl methyl sites for hydroxylation is 1. The summed E-state index contributed by atoms with van der Waals surface area (Å²) < 4.78 is 3.87. The fourth-order valence-corrected chi connectivity index (χ4v) is 1.47. The van der Waals surface area contributed by atoms with E-state index in [1.54, 1.807) is 0 Å². The van der Waals surface area contributed by atoms with E-state index >= 15 is 0 Å². The average molecular weight is 204 g/mol. The Labute approximate surface area is 89.5 Å². The zero-order chi connectivity index (χ0) is 10.8. The van der Waals surface area contributed by atoms with Crippen molar-refractivity contribution in [3.05, 3.63) is 35.9 Å². The van der Waals surface area contributed by atoms with Gasteiger partial charge in [-0.05, 0) is 32.4 Å². The van der Waals surface area contributed by atoms with E-state index in [4.69, 9.17) is 0 Å². The number of hydrogen-bond acceptors (Lipinski definition) is 2. The topological polar surface area (TPSA) is 35.6 Å². The quantitative estimate of drug-likeness (QED) is 0.766. The first-order valence-corrected chi connectivity index (χ1v) is 5.18. The molecule has 0 aromatic carbocycles. The van der Waals surface area contributed by atoms with Gasteiger partial charge in [0.2, 0.25) is 0 Å². The molecule has 0 spiro atoms. The summed E-state index contributed by atoms with van der Waals surface area (Å²) >= 11 is 0. The van der Waals surface area contributed by atoms with Gasteiger partial charge in [0.15, 0.2) is 0 Å². The van der Waals surface area contributed by atoms with E-state index in [0.717, 1.165) is 12.2 Å². The van der Waals surface area contributed by atoms with Crippen LogP contribution >= 0.6 is 0 Å². The van der Waals surface area contributed by atoms with E-state index in [2.05, 4.69) is 24.0 Å². The Balaban J connectivity index is 2.11. The second-order valence-corrected chi connectivity index (χ2v) is 4.10. The zero-order valence-corrected chi connectivity index (χ0v) is 9.38. The van der Waals surface area contributed by atoms with Crippen LogP contribution in [0.3, 0.4) is 0 Å². The molecule has 0 fully saturated rings. The van der Waals surface area contributed by atoms with Crippen LogP contribution in [0.4, 0.5) is 0 Å². The van der Waals surface area contributed by atoms with Crippen molar-refractivity contribution < 1.29 is 0 Å². The molecule has 0 N–H and O–H groups in total. The van der Waals surface area contributed by atoms with Crippen molar-refractivity contribution in [1.82, 2.24) is 19.6 Å².